The van der Waals surface area contributed by atoms with E-state index in [1.165, 1.54) is 12.8 Å². The summed E-state index contributed by atoms with van der Waals surface area (Å²) in [6.45, 7) is 12.4. The minimum Gasteiger partial charge on any atom is -0.377 e. The van der Waals surface area contributed by atoms with Gasteiger partial charge in [0.1, 0.15) is 0 Å². The van der Waals surface area contributed by atoms with Gasteiger partial charge in [-0.15, -0.1) is 0 Å². The molecule has 14 heavy (non-hydrogen) atoms. The lowest BCUT2D eigenvalue weighted by molar-refractivity contribution is -0.0548. The van der Waals surface area contributed by atoms with Crippen molar-refractivity contribution in [3.63, 3.8) is 0 Å². The average molecular weight is 310 g/mol. The molecule has 1 heterocycles. The van der Waals surface area contributed by atoms with E-state index in [9.17, 15) is 0 Å². The Hall–Kier alpha value is 0.690. The fourth-order valence-electron chi connectivity index (χ4n) is 1.98. The fraction of sp³-hybridized carbons (Fsp3) is 1.00. The van der Waals surface area contributed by atoms with Crippen LogP contribution in [0.25, 0.3) is 0 Å². The van der Waals surface area contributed by atoms with E-state index in [2.05, 4.69) is 57.2 Å². The molecule has 1 aliphatic rings. The molecule has 2 atom stereocenters. The second kappa shape index (κ2) is 4.28. The minimum absolute atomic E-state index is 0.278. The van der Waals surface area contributed by atoms with Crippen molar-refractivity contribution >= 4 is 22.6 Å². The Bertz CT molecular complexity index is 157. The molecule has 1 nitrogen and oxygen atoms in total. The van der Waals surface area contributed by atoms with Gasteiger partial charge in [-0.05, 0) is 38.0 Å². The zero-order valence-corrected chi connectivity index (χ0v) is 12.2. The molecule has 0 N–H and O–H groups in total. The maximum absolute atomic E-state index is 5.97. The van der Waals surface area contributed by atoms with Gasteiger partial charge in [0.25, 0.3) is 0 Å². The number of hydrogen-bond acceptors (Lipinski definition) is 1. The van der Waals surface area contributed by atoms with Crippen LogP contribution in [0.3, 0.4) is 0 Å². The molecule has 0 aromatic carbocycles. The molecule has 84 valence electrons. The summed E-state index contributed by atoms with van der Waals surface area (Å²) >= 11 is 2.50. The molecule has 1 fully saturated rings. The predicted octanol–water partition coefficient (Wildman–Crippen LogP) is 4.04. The average Bonchev–Trinajstić information content (AvgIpc) is 2.01. The Morgan fingerprint density at radius 2 is 1.64 bits per heavy atom. The van der Waals surface area contributed by atoms with Crippen molar-refractivity contribution < 1.29 is 4.74 Å². The molecule has 0 aromatic heterocycles. The molecule has 2 unspecified atom stereocenters. The van der Waals surface area contributed by atoms with Crippen molar-refractivity contribution in [3.8, 4) is 0 Å². The Morgan fingerprint density at radius 1 is 1.07 bits per heavy atom. The smallest absolute Gasteiger partial charge is 0.0715 e. The molecule has 1 rings (SSSR count). The number of ether oxygens (including phenoxy) is 1. The molecule has 2 heteroatoms. The van der Waals surface area contributed by atoms with Crippen molar-refractivity contribution in [2.45, 2.75) is 57.0 Å². The second-order valence-corrected chi connectivity index (χ2v) is 8.81. The zero-order chi connectivity index (χ0) is 11.0. The number of rotatable bonds is 1. The topological polar surface area (TPSA) is 9.23 Å². The van der Waals surface area contributed by atoms with Crippen LogP contribution < -0.4 is 0 Å². The number of alkyl halides is 1. The first-order valence-electron chi connectivity index (χ1n) is 5.52. The summed E-state index contributed by atoms with van der Waals surface area (Å²) in [5.74, 6) is 0.734. The van der Waals surface area contributed by atoms with E-state index < -0.39 is 0 Å². The van der Waals surface area contributed by atoms with Crippen LogP contribution in [0.15, 0.2) is 0 Å². The number of halogens is 1. The lowest BCUT2D eigenvalue weighted by Gasteiger charge is -2.40. The molecule has 0 saturated carbocycles. The maximum Gasteiger partial charge on any atom is 0.0715 e. The highest BCUT2D eigenvalue weighted by Gasteiger charge is 2.35. The Balaban J connectivity index is 2.47. The van der Waals surface area contributed by atoms with Crippen LogP contribution in [-0.4, -0.2) is 16.1 Å². The summed E-state index contributed by atoms with van der Waals surface area (Å²) in [7, 11) is 0. The number of hydrogen-bond donors (Lipinski definition) is 0. The summed E-state index contributed by atoms with van der Waals surface area (Å²) in [6.07, 6.45) is 2.99. The molecule has 0 radical (unpaired) electrons. The van der Waals surface area contributed by atoms with E-state index >= 15 is 0 Å². The summed E-state index contributed by atoms with van der Waals surface area (Å²) < 4.78 is 6.25. The standard InChI is InChI=1S/C12H23IO/c1-11(2,3)9-6-7-10(14-8-9)12(4,5)13/h9-10H,6-8H2,1-5H3. The SMILES string of the molecule is CC(C)(C)C1CCC(C(C)(C)I)OC1. The largest absolute Gasteiger partial charge is 0.377 e. The second-order valence-electron chi connectivity index (χ2n) is 6.03. The van der Waals surface area contributed by atoms with E-state index in [0.29, 0.717) is 11.5 Å². The third kappa shape index (κ3) is 3.37. The normalized spacial score (nSPS) is 30.4. The summed E-state index contributed by atoms with van der Waals surface area (Å²) in [4.78, 5) is 0. The summed E-state index contributed by atoms with van der Waals surface area (Å²) in [6, 6.07) is 0. The van der Waals surface area contributed by atoms with Crippen molar-refractivity contribution in [1.82, 2.24) is 0 Å². The van der Waals surface area contributed by atoms with Gasteiger partial charge >= 0.3 is 0 Å². The minimum atomic E-state index is 0.278. The van der Waals surface area contributed by atoms with Crippen LogP contribution in [0.1, 0.15) is 47.5 Å². The lowest BCUT2D eigenvalue weighted by atomic mass is 9.76. The zero-order valence-electron chi connectivity index (χ0n) is 10.1. The van der Waals surface area contributed by atoms with Gasteiger partial charge < -0.3 is 4.74 Å². The van der Waals surface area contributed by atoms with E-state index in [1.807, 2.05) is 0 Å². The molecule has 0 amide bonds. The molecule has 1 aliphatic heterocycles. The summed E-state index contributed by atoms with van der Waals surface area (Å²) in [5, 5.41) is 0. The van der Waals surface area contributed by atoms with Crippen molar-refractivity contribution in [1.29, 1.82) is 0 Å². The first-order valence-corrected chi connectivity index (χ1v) is 6.59. The first-order chi connectivity index (χ1) is 6.21. The molecular weight excluding hydrogens is 287 g/mol. The van der Waals surface area contributed by atoms with Crippen LogP contribution >= 0.6 is 22.6 Å². The van der Waals surface area contributed by atoms with Crippen molar-refractivity contribution in [3.05, 3.63) is 0 Å². The predicted molar refractivity (Wildman–Crippen MR) is 70.0 cm³/mol. The van der Waals surface area contributed by atoms with Gasteiger partial charge in [0.2, 0.25) is 0 Å². The molecule has 0 bridgehead atoms. The van der Waals surface area contributed by atoms with Crippen LogP contribution in [-0.2, 0) is 4.74 Å². The van der Waals surface area contributed by atoms with E-state index in [0.717, 1.165) is 12.5 Å². The van der Waals surface area contributed by atoms with Gasteiger partial charge in [0.15, 0.2) is 0 Å². The van der Waals surface area contributed by atoms with Gasteiger partial charge in [-0.3, -0.25) is 0 Å². The van der Waals surface area contributed by atoms with Crippen molar-refractivity contribution in [2.24, 2.45) is 11.3 Å². The van der Waals surface area contributed by atoms with E-state index in [1.54, 1.807) is 0 Å². The Kier molecular flexibility index (Phi) is 3.90. The lowest BCUT2D eigenvalue weighted by Crippen LogP contribution is -2.41. The highest BCUT2D eigenvalue weighted by Crippen LogP contribution is 2.38. The van der Waals surface area contributed by atoms with Crippen LogP contribution in [0.4, 0.5) is 0 Å². The van der Waals surface area contributed by atoms with Crippen molar-refractivity contribution in [2.75, 3.05) is 6.61 Å². The van der Waals surface area contributed by atoms with Gasteiger partial charge in [0, 0.05) is 3.42 Å². The quantitative estimate of drug-likeness (QED) is 0.524. The highest BCUT2D eigenvalue weighted by molar-refractivity contribution is 14.1. The van der Waals surface area contributed by atoms with Gasteiger partial charge in [-0.2, -0.15) is 0 Å². The third-order valence-electron chi connectivity index (χ3n) is 3.27. The third-order valence-corrected chi connectivity index (χ3v) is 3.96. The van der Waals surface area contributed by atoms with E-state index in [-0.39, 0.29) is 3.42 Å². The molecule has 0 spiro atoms. The molecule has 0 aromatic rings. The summed E-state index contributed by atoms with van der Waals surface area (Å²) in [5.41, 5.74) is 0.403. The molecular formula is C12H23IO. The van der Waals surface area contributed by atoms with Crippen LogP contribution in [0.5, 0.6) is 0 Å². The van der Waals surface area contributed by atoms with Gasteiger partial charge in [-0.1, -0.05) is 43.4 Å². The Morgan fingerprint density at radius 3 is 1.93 bits per heavy atom. The van der Waals surface area contributed by atoms with Gasteiger partial charge in [0.05, 0.1) is 12.7 Å². The fourth-order valence-corrected chi connectivity index (χ4v) is 2.47. The molecule has 0 aliphatic carbocycles. The highest BCUT2D eigenvalue weighted by atomic mass is 127. The monoisotopic (exact) mass is 310 g/mol. The van der Waals surface area contributed by atoms with Crippen LogP contribution in [0, 0.1) is 11.3 Å². The maximum atomic E-state index is 5.97. The Labute approximate surface area is 102 Å². The van der Waals surface area contributed by atoms with Crippen LogP contribution in [0.2, 0.25) is 0 Å². The first kappa shape index (κ1) is 12.8. The molecule has 1 saturated heterocycles. The van der Waals surface area contributed by atoms with E-state index in [4.69, 9.17) is 4.74 Å². The van der Waals surface area contributed by atoms with Gasteiger partial charge in [-0.25, -0.2) is 0 Å².